The zero-order valence-corrected chi connectivity index (χ0v) is 12.3. The van der Waals surface area contributed by atoms with Crippen molar-refractivity contribution in [2.24, 2.45) is 0 Å². The Morgan fingerprint density at radius 1 is 1.35 bits per heavy atom. The van der Waals surface area contributed by atoms with E-state index in [1.165, 1.54) is 15.5 Å². The maximum absolute atomic E-state index is 5.46. The van der Waals surface area contributed by atoms with E-state index >= 15 is 0 Å². The van der Waals surface area contributed by atoms with Crippen LogP contribution in [0.25, 0.3) is 11.0 Å². The minimum absolute atomic E-state index is 0.515. The van der Waals surface area contributed by atoms with E-state index in [4.69, 9.17) is 12.2 Å². The lowest BCUT2D eigenvalue weighted by Crippen LogP contribution is -2.10. The van der Waals surface area contributed by atoms with Gasteiger partial charge >= 0.3 is 0 Å². The fourth-order valence-electron chi connectivity index (χ4n) is 2.48. The summed E-state index contributed by atoms with van der Waals surface area (Å²) >= 11 is 7.79. The highest BCUT2D eigenvalue weighted by atomic mass is 127. The number of benzene rings is 1. The number of nitrogens with one attached hydrogen (secondary N) is 1. The molecule has 1 N–H and O–H groups in total. The van der Waals surface area contributed by atoms with Gasteiger partial charge in [0.15, 0.2) is 4.77 Å². The van der Waals surface area contributed by atoms with Gasteiger partial charge in [-0.3, -0.25) is 0 Å². The Bertz CT molecular complexity index is 638. The summed E-state index contributed by atoms with van der Waals surface area (Å²) in [4.78, 5) is 3.31. The van der Waals surface area contributed by atoms with Gasteiger partial charge < -0.3 is 9.55 Å². The molecule has 17 heavy (non-hydrogen) atoms. The number of hydrogen-bond acceptors (Lipinski definition) is 1. The number of fused-ring (bicyclic) bond motifs is 1. The van der Waals surface area contributed by atoms with Crippen LogP contribution in [0.2, 0.25) is 0 Å². The van der Waals surface area contributed by atoms with Crippen molar-refractivity contribution in [1.82, 2.24) is 9.55 Å². The summed E-state index contributed by atoms with van der Waals surface area (Å²) < 4.78 is 4.37. The third-order valence-corrected chi connectivity index (χ3v) is 4.25. The van der Waals surface area contributed by atoms with Gasteiger partial charge in [0.05, 0.1) is 11.0 Å². The first-order valence-electron chi connectivity index (χ1n) is 5.80. The van der Waals surface area contributed by atoms with E-state index in [1.54, 1.807) is 0 Å². The summed E-state index contributed by atoms with van der Waals surface area (Å²) in [7, 11) is 0. The highest BCUT2D eigenvalue weighted by Gasteiger charge is 2.15. The Morgan fingerprint density at radius 2 is 2.24 bits per heavy atom. The van der Waals surface area contributed by atoms with E-state index < -0.39 is 0 Å². The molecule has 1 unspecified atom stereocenters. The molecule has 0 saturated heterocycles. The third kappa shape index (κ3) is 2.08. The third-order valence-electron chi connectivity index (χ3n) is 3.29. The molecule has 2 nitrogen and oxygen atoms in total. The normalized spacial score (nSPS) is 19.9. The summed E-state index contributed by atoms with van der Waals surface area (Å²) in [5, 5.41) is 0. The molecule has 0 fully saturated rings. The molecule has 1 aromatic carbocycles. The molecule has 0 spiro atoms. The summed E-state index contributed by atoms with van der Waals surface area (Å²) in [5.74, 6) is 0. The van der Waals surface area contributed by atoms with E-state index in [1.807, 2.05) is 0 Å². The molecule has 0 aliphatic heterocycles. The van der Waals surface area contributed by atoms with Crippen molar-refractivity contribution in [3.8, 4) is 0 Å². The van der Waals surface area contributed by atoms with Crippen LogP contribution in [0.3, 0.4) is 0 Å². The minimum atomic E-state index is 0.515. The number of rotatable bonds is 1. The van der Waals surface area contributed by atoms with Gasteiger partial charge in [-0.15, -0.1) is 0 Å². The van der Waals surface area contributed by atoms with Gasteiger partial charge in [0.2, 0.25) is 0 Å². The second-order valence-electron chi connectivity index (χ2n) is 4.40. The fraction of sp³-hybridized carbons (Fsp3) is 0.308. The molecule has 4 heteroatoms. The standard InChI is InChI=1S/C13H13IN2S/c14-9-6-7-12-11(8-9)15-13(17)16(12)10-4-2-1-3-5-10/h1-2,6-8,10H,3-5H2,(H,15,17). The predicted octanol–water partition coefficient (Wildman–Crippen LogP) is 4.58. The number of nitrogens with zero attached hydrogens (tertiary/aromatic N) is 1. The van der Waals surface area contributed by atoms with Crippen LogP contribution in [0.4, 0.5) is 0 Å². The van der Waals surface area contributed by atoms with Crippen LogP contribution in [-0.2, 0) is 0 Å². The number of allylic oxidation sites excluding steroid dienone is 2. The molecule has 2 aromatic rings. The molecule has 0 radical (unpaired) electrons. The summed E-state index contributed by atoms with van der Waals surface area (Å²) in [6, 6.07) is 6.98. The SMILES string of the molecule is S=c1[nH]c2cc(I)ccc2n1C1CC=CCC1. The second kappa shape index (κ2) is 4.57. The maximum atomic E-state index is 5.46. The molecular formula is C13H13IN2S. The first-order valence-corrected chi connectivity index (χ1v) is 7.29. The highest BCUT2D eigenvalue weighted by Crippen LogP contribution is 2.28. The van der Waals surface area contributed by atoms with E-state index in [2.05, 4.69) is 62.5 Å². The molecule has 1 aliphatic rings. The van der Waals surface area contributed by atoms with Crippen LogP contribution >= 0.6 is 34.8 Å². The highest BCUT2D eigenvalue weighted by molar-refractivity contribution is 14.1. The van der Waals surface area contributed by atoms with Crippen molar-refractivity contribution in [2.45, 2.75) is 25.3 Å². The van der Waals surface area contributed by atoms with Crippen LogP contribution < -0.4 is 0 Å². The van der Waals surface area contributed by atoms with E-state index in [0.29, 0.717) is 6.04 Å². The lowest BCUT2D eigenvalue weighted by Gasteiger charge is -2.20. The average Bonchev–Trinajstić information content (AvgIpc) is 2.65. The quantitative estimate of drug-likeness (QED) is 0.451. The van der Waals surface area contributed by atoms with Gasteiger partial charge in [-0.1, -0.05) is 12.2 Å². The Kier molecular flexibility index (Phi) is 3.08. The minimum Gasteiger partial charge on any atom is -0.331 e. The number of imidazole rings is 1. The molecule has 1 heterocycles. The second-order valence-corrected chi connectivity index (χ2v) is 6.03. The van der Waals surface area contributed by atoms with Crippen molar-refractivity contribution < 1.29 is 0 Å². The molecule has 0 amide bonds. The molecular weight excluding hydrogens is 343 g/mol. The van der Waals surface area contributed by atoms with Crippen LogP contribution in [0.5, 0.6) is 0 Å². The molecule has 1 aromatic heterocycles. The van der Waals surface area contributed by atoms with Gasteiger partial charge in [0.1, 0.15) is 0 Å². The number of H-pyrrole nitrogens is 1. The monoisotopic (exact) mass is 356 g/mol. The topological polar surface area (TPSA) is 20.7 Å². The van der Waals surface area contributed by atoms with Gasteiger partial charge in [0.25, 0.3) is 0 Å². The molecule has 1 atom stereocenters. The Morgan fingerprint density at radius 3 is 3.00 bits per heavy atom. The van der Waals surface area contributed by atoms with E-state index in [9.17, 15) is 0 Å². The fourth-order valence-corrected chi connectivity index (χ4v) is 3.33. The Balaban J connectivity index is 2.18. The summed E-state index contributed by atoms with van der Waals surface area (Å²) in [6.07, 6.45) is 7.96. The van der Waals surface area contributed by atoms with Crippen LogP contribution in [-0.4, -0.2) is 9.55 Å². The number of aromatic amines is 1. The van der Waals surface area contributed by atoms with Crippen LogP contribution in [0, 0.1) is 8.34 Å². The van der Waals surface area contributed by atoms with Crippen molar-refractivity contribution in [2.75, 3.05) is 0 Å². The molecule has 88 valence electrons. The van der Waals surface area contributed by atoms with Gasteiger partial charge in [0, 0.05) is 9.61 Å². The molecule has 3 rings (SSSR count). The molecule has 0 bridgehead atoms. The summed E-state index contributed by atoms with van der Waals surface area (Å²) in [5.41, 5.74) is 2.38. The first-order chi connectivity index (χ1) is 8.25. The molecule has 0 saturated carbocycles. The smallest absolute Gasteiger partial charge is 0.178 e. The first kappa shape index (κ1) is 11.5. The van der Waals surface area contributed by atoms with E-state index in [0.717, 1.165) is 23.1 Å². The zero-order valence-electron chi connectivity index (χ0n) is 9.32. The van der Waals surface area contributed by atoms with Crippen molar-refractivity contribution in [3.05, 3.63) is 38.7 Å². The maximum Gasteiger partial charge on any atom is 0.178 e. The largest absolute Gasteiger partial charge is 0.331 e. The van der Waals surface area contributed by atoms with Gasteiger partial charge in [-0.05, 0) is 72.3 Å². The van der Waals surface area contributed by atoms with Gasteiger partial charge in [-0.25, -0.2) is 0 Å². The number of halogens is 1. The van der Waals surface area contributed by atoms with Crippen molar-refractivity contribution in [1.29, 1.82) is 0 Å². The predicted molar refractivity (Wildman–Crippen MR) is 81.9 cm³/mol. The number of aromatic nitrogens is 2. The van der Waals surface area contributed by atoms with Crippen LogP contribution in [0.15, 0.2) is 30.4 Å². The molecule has 1 aliphatic carbocycles. The van der Waals surface area contributed by atoms with Crippen molar-refractivity contribution >= 4 is 45.8 Å². The zero-order chi connectivity index (χ0) is 11.8. The Labute approximate surface area is 119 Å². The lowest BCUT2D eigenvalue weighted by molar-refractivity contribution is 0.467. The summed E-state index contributed by atoms with van der Waals surface area (Å²) in [6.45, 7) is 0. The van der Waals surface area contributed by atoms with Crippen LogP contribution in [0.1, 0.15) is 25.3 Å². The van der Waals surface area contributed by atoms with E-state index in [-0.39, 0.29) is 0 Å². The Hall–Kier alpha value is -0.620. The lowest BCUT2D eigenvalue weighted by atomic mass is 10.0. The van der Waals surface area contributed by atoms with Gasteiger partial charge in [-0.2, -0.15) is 0 Å². The average molecular weight is 356 g/mol. The van der Waals surface area contributed by atoms with Crippen molar-refractivity contribution in [3.63, 3.8) is 0 Å². The number of hydrogen-bond donors (Lipinski definition) is 1.